The number of hydrogen-bond donors (Lipinski definition) is 0. The van der Waals surface area contributed by atoms with Gasteiger partial charge in [-0.2, -0.15) is 0 Å². The maximum absolute atomic E-state index is 13.1. The van der Waals surface area contributed by atoms with Crippen LogP contribution in [0.3, 0.4) is 0 Å². The van der Waals surface area contributed by atoms with Crippen molar-refractivity contribution < 1.29 is 38.1 Å². The van der Waals surface area contributed by atoms with Gasteiger partial charge < -0.3 is 28.4 Å². The van der Waals surface area contributed by atoms with Crippen LogP contribution in [0.4, 0.5) is 0 Å². The molecule has 0 spiro atoms. The predicted molar refractivity (Wildman–Crippen MR) is 172 cm³/mol. The van der Waals surface area contributed by atoms with Crippen LogP contribution in [0.5, 0.6) is 0 Å². The summed E-state index contributed by atoms with van der Waals surface area (Å²) >= 11 is 0. The molecule has 5 rings (SSSR count). The fourth-order valence-electron chi connectivity index (χ4n) is 5.46. The van der Waals surface area contributed by atoms with E-state index in [1.54, 1.807) is 0 Å². The first kappa shape index (κ1) is 33.9. The second kappa shape index (κ2) is 16.9. The quantitative estimate of drug-likeness (QED) is 0.0839. The predicted octanol–water partition coefficient (Wildman–Crippen LogP) is 5.89. The van der Waals surface area contributed by atoms with E-state index in [9.17, 15) is 14.9 Å². The van der Waals surface area contributed by atoms with Crippen molar-refractivity contribution in [2.75, 3.05) is 13.2 Å². The first-order valence-corrected chi connectivity index (χ1v) is 15.5. The van der Waals surface area contributed by atoms with Crippen LogP contribution >= 0.6 is 0 Å². The van der Waals surface area contributed by atoms with Gasteiger partial charge in [0.1, 0.15) is 18.3 Å². The van der Waals surface area contributed by atoms with Crippen LogP contribution < -0.4 is 0 Å². The maximum Gasteiger partial charge on any atom is 0.388 e. The fraction of sp³-hybridized carbons (Fsp3) is 0.324. The molecule has 4 aromatic rings. The van der Waals surface area contributed by atoms with Crippen LogP contribution in [0.1, 0.15) is 29.2 Å². The number of esters is 1. The zero-order valence-electron chi connectivity index (χ0n) is 26.2. The molecule has 0 aromatic heterocycles. The number of carbonyl (C=O) groups is 1. The fourth-order valence-corrected chi connectivity index (χ4v) is 5.46. The minimum Gasteiger partial charge on any atom is -0.455 e. The van der Waals surface area contributed by atoms with Crippen LogP contribution in [0.15, 0.2) is 121 Å². The van der Waals surface area contributed by atoms with Crippen LogP contribution in [0.2, 0.25) is 0 Å². The summed E-state index contributed by atoms with van der Waals surface area (Å²) < 4.78 is 37.2. The highest BCUT2D eigenvalue weighted by molar-refractivity contribution is 5.65. The molecule has 1 fully saturated rings. The van der Waals surface area contributed by atoms with Crippen LogP contribution in [-0.4, -0.2) is 54.2 Å². The van der Waals surface area contributed by atoms with E-state index in [4.69, 9.17) is 28.4 Å². The van der Waals surface area contributed by atoms with Gasteiger partial charge in [0.15, 0.2) is 12.7 Å². The number of nitro groups is 1. The Hall–Kier alpha value is -4.45. The molecule has 0 bridgehead atoms. The number of nitrogens with zero attached hydrogens (tertiary/aromatic N) is 1. The van der Waals surface area contributed by atoms with Crippen molar-refractivity contribution in [3.8, 4) is 0 Å². The van der Waals surface area contributed by atoms with Gasteiger partial charge in [0.25, 0.3) is 0 Å². The summed E-state index contributed by atoms with van der Waals surface area (Å²) in [6.45, 7) is 0.950. The van der Waals surface area contributed by atoms with Crippen molar-refractivity contribution in [1.82, 2.24) is 0 Å². The second-order valence-corrected chi connectivity index (χ2v) is 11.3. The standard InChI is InChI=1S/C37H39NO9/c1-28(39)46-27-37(38(40)41)36(45-25-32-20-12-5-13-21-32)35(44-24-31-18-10-4-11-19-31)34(43-23-30-16-8-3-9-17-30)33(47-37)26-42-22-29-14-6-2-7-15-29/h2-21,33-36H,22-27H2,1H3/t33-,34-,35+,36-,37?/m1/s1. The molecule has 246 valence electrons. The highest BCUT2D eigenvalue weighted by Crippen LogP contribution is 2.38. The molecule has 1 saturated heterocycles. The molecule has 5 atom stereocenters. The van der Waals surface area contributed by atoms with Gasteiger partial charge >= 0.3 is 11.7 Å². The third-order valence-corrected chi connectivity index (χ3v) is 7.82. The average Bonchev–Trinajstić information content (AvgIpc) is 3.10. The maximum atomic E-state index is 13.1. The Bertz CT molecular complexity index is 1520. The first-order valence-electron chi connectivity index (χ1n) is 15.5. The van der Waals surface area contributed by atoms with Gasteiger partial charge in [0, 0.05) is 6.92 Å². The topological polar surface area (TPSA) is 116 Å². The van der Waals surface area contributed by atoms with Crippen LogP contribution in [0, 0.1) is 10.1 Å². The normalized spacial score (nSPS) is 22.4. The van der Waals surface area contributed by atoms with E-state index >= 15 is 0 Å². The number of hydrogen-bond acceptors (Lipinski definition) is 9. The van der Waals surface area contributed by atoms with Crippen molar-refractivity contribution >= 4 is 5.97 Å². The SMILES string of the molecule is CC(=O)OCC1([N+](=O)[O-])O[C@H](COCc2ccccc2)[C@@H](OCc2ccccc2)[C@H](OCc2ccccc2)[C@H]1OCc1ccccc1. The molecule has 0 saturated carbocycles. The molecular weight excluding hydrogens is 602 g/mol. The number of benzene rings is 4. The smallest absolute Gasteiger partial charge is 0.388 e. The van der Waals surface area contributed by atoms with Crippen LogP contribution in [-0.2, 0) is 59.6 Å². The van der Waals surface area contributed by atoms with Gasteiger partial charge in [-0.15, -0.1) is 0 Å². The zero-order valence-corrected chi connectivity index (χ0v) is 26.2. The Kier molecular flexibility index (Phi) is 12.2. The van der Waals surface area contributed by atoms with E-state index in [1.165, 1.54) is 6.92 Å². The lowest BCUT2D eigenvalue weighted by molar-refractivity contribution is -0.663. The lowest BCUT2D eigenvalue weighted by Crippen LogP contribution is -2.71. The van der Waals surface area contributed by atoms with E-state index in [1.807, 2.05) is 121 Å². The summed E-state index contributed by atoms with van der Waals surface area (Å²) in [6.07, 6.45) is -4.27. The van der Waals surface area contributed by atoms with E-state index in [2.05, 4.69) is 0 Å². The molecule has 47 heavy (non-hydrogen) atoms. The highest BCUT2D eigenvalue weighted by Gasteiger charge is 2.66. The third-order valence-electron chi connectivity index (χ3n) is 7.82. The van der Waals surface area contributed by atoms with E-state index in [0.717, 1.165) is 22.3 Å². The summed E-state index contributed by atoms with van der Waals surface area (Å²) in [7, 11) is 0. The van der Waals surface area contributed by atoms with Crippen molar-refractivity contribution in [1.29, 1.82) is 0 Å². The zero-order chi connectivity index (χ0) is 32.9. The summed E-state index contributed by atoms with van der Waals surface area (Å²) in [5, 5.41) is 13.1. The minimum atomic E-state index is -2.34. The molecule has 0 N–H and O–H groups in total. The van der Waals surface area contributed by atoms with Gasteiger partial charge in [0.2, 0.25) is 0 Å². The Morgan fingerprint density at radius 2 is 1.11 bits per heavy atom. The lowest BCUT2D eigenvalue weighted by atomic mass is 9.90. The summed E-state index contributed by atoms with van der Waals surface area (Å²) in [4.78, 5) is 24.6. The number of ether oxygens (including phenoxy) is 6. The van der Waals surface area contributed by atoms with Crippen molar-refractivity contribution in [2.45, 2.75) is 63.5 Å². The van der Waals surface area contributed by atoms with Gasteiger partial charge in [0.05, 0.1) is 38.0 Å². The van der Waals surface area contributed by atoms with Gasteiger partial charge in [-0.25, -0.2) is 0 Å². The minimum absolute atomic E-state index is 0.0102. The van der Waals surface area contributed by atoms with Crippen LogP contribution in [0.25, 0.3) is 0 Å². The summed E-state index contributed by atoms with van der Waals surface area (Å²) in [5.41, 5.74) is 1.12. The van der Waals surface area contributed by atoms with Gasteiger partial charge in [-0.05, 0) is 22.3 Å². The molecule has 10 heteroatoms. The molecule has 1 heterocycles. The lowest BCUT2D eigenvalue weighted by Gasteiger charge is -2.47. The van der Waals surface area contributed by atoms with Crippen molar-refractivity contribution in [3.05, 3.63) is 154 Å². The molecule has 0 radical (unpaired) electrons. The molecule has 10 nitrogen and oxygen atoms in total. The highest BCUT2D eigenvalue weighted by atomic mass is 16.7. The van der Waals surface area contributed by atoms with Gasteiger partial charge in [-0.3, -0.25) is 14.9 Å². The van der Waals surface area contributed by atoms with Gasteiger partial charge in [-0.1, -0.05) is 121 Å². The summed E-state index contributed by atoms with van der Waals surface area (Å²) in [6, 6.07) is 37.9. The summed E-state index contributed by atoms with van der Waals surface area (Å²) in [5.74, 6) is -0.697. The molecule has 1 aliphatic rings. The second-order valence-electron chi connectivity index (χ2n) is 11.3. The number of carbonyl (C=O) groups excluding carboxylic acids is 1. The Morgan fingerprint density at radius 3 is 1.55 bits per heavy atom. The van der Waals surface area contributed by atoms with Crippen molar-refractivity contribution in [2.24, 2.45) is 0 Å². The molecular formula is C37H39NO9. The largest absolute Gasteiger partial charge is 0.455 e. The van der Waals surface area contributed by atoms with E-state index in [0.29, 0.717) is 0 Å². The average molecular weight is 642 g/mol. The third kappa shape index (κ3) is 9.31. The Morgan fingerprint density at radius 1 is 0.681 bits per heavy atom. The van der Waals surface area contributed by atoms with E-state index < -0.39 is 47.6 Å². The molecule has 0 aliphatic carbocycles. The molecule has 1 unspecified atom stereocenters. The molecule has 4 aromatic carbocycles. The molecule has 1 aliphatic heterocycles. The Balaban J connectivity index is 1.53. The van der Waals surface area contributed by atoms with Crippen molar-refractivity contribution in [3.63, 3.8) is 0 Å². The monoisotopic (exact) mass is 641 g/mol. The number of rotatable bonds is 16. The van der Waals surface area contributed by atoms with E-state index in [-0.39, 0.29) is 33.0 Å². The Labute approximate surface area is 274 Å². The molecule has 0 amide bonds. The first-order chi connectivity index (χ1) is 22.9.